The fourth-order valence-electron chi connectivity index (χ4n) is 5.90. The van der Waals surface area contributed by atoms with Crippen LogP contribution in [0.5, 0.6) is 0 Å². The molecule has 2 heterocycles. The van der Waals surface area contributed by atoms with Gasteiger partial charge in [0, 0.05) is 28.2 Å². The summed E-state index contributed by atoms with van der Waals surface area (Å²) in [5.74, 6) is -0.0993. The molecule has 0 spiro atoms. The second-order valence-electron chi connectivity index (χ2n) is 9.33. The minimum atomic E-state index is -0.374. The highest BCUT2D eigenvalue weighted by molar-refractivity contribution is 7.15. The van der Waals surface area contributed by atoms with Crippen LogP contribution in [0.25, 0.3) is 0 Å². The van der Waals surface area contributed by atoms with E-state index >= 15 is 0 Å². The van der Waals surface area contributed by atoms with E-state index in [2.05, 4.69) is 19.2 Å². The number of nitrogens with zero attached hydrogens (tertiary/aromatic N) is 1. The van der Waals surface area contributed by atoms with Crippen molar-refractivity contribution < 1.29 is 18.7 Å². The van der Waals surface area contributed by atoms with E-state index in [0.29, 0.717) is 10.7 Å². The molecule has 0 bridgehead atoms. The van der Waals surface area contributed by atoms with Crippen LogP contribution in [0.3, 0.4) is 0 Å². The minimum Gasteiger partial charge on any atom is -0.461 e. The van der Waals surface area contributed by atoms with E-state index in [4.69, 9.17) is 9.72 Å². The van der Waals surface area contributed by atoms with Crippen LogP contribution in [0.2, 0.25) is 0 Å². The summed E-state index contributed by atoms with van der Waals surface area (Å²) < 4.78 is 19.0. The summed E-state index contributed by atoms with van der Waals surface area (Å²) in [4.78, 5) is 30.7. The number of thiazole rings is 1. The number of halogens is 1. The molecule has 1 amide bonds. The molecule has 5 nitrogen and oxygen atoms in total. The van der Waals surface area contributed by atoms with Gasteiger partial charge in [-0.2, -0.15) is 0 Å². The molecule has 2 aliphatic carbocycles. The number of carbonyl (C=O) groups excluding carboxylic acids is 2. The molecule has 158 valence electrons. The maximum atomic E-state index is 13.1. The molecule has 1 aromatic carbocycles. The molecule has 2 fully saturated rings. The Labute approximate surface area is 179 Å². The van der Waals surface area contributed by atoms with Crippen LogP contribution >= 0.6 is 11.3 Å². The number of hydrogen-bond donors (Lipinski definition) is 1. The van der Waals surface area contributed by atoms with Crippen LogP contribution in [0.1, 0.15) is 60.5 Å². The third kappa shape index (κ3) is 2.97. The summed E-state index contributed by atoms with van der Waals surface area (Å²) in [5, 5.41) is 3.44. The number of ether oxygens (including phenoxy) is 1. The zero-order valence-corrected chi connectivity index (χ0v) is 18.1. The number of anilines is 1. The molecule has 1 aromatic heterocycles. The molecule has 30 heavy (non-hydrogen) atoms. The Balaban J connectivity index is 1.42. The molecule has 7 heteroatoms. The molecule has 1 saturated carbocycles. The van der Waals surface area contributed by atoms with Crippen LogP contribution in [0, 0.1) is 29.0 Å². The highest BCUT2D eigenvalue weighted by Crippen LogP contribution is 2.59. The van der Waals surface area contributed by atoms with E-state index in [1.54, 1.807) is 0 Å². The molecule has 6 unspecified atom stereocenters. The van der Waals surface area contributed by atoms with E-state index in [1.165, 1.54) is 40.5 Å². The first kappa shape index (κ1) is 19.7. The Bertz CT molecular complexity index is 1020. The highest BCUT2D eigenvalue weighted by atomic mass is 32.1. The maximum absolute atomic E-state index is 13.1. The average molecular weight is 429 g/mol. The molecule has 2 aromatic rings. The monoisotopic (exact) mass is 428 g/mol. The van der Waals surface area contributed by atoms with E-state index in [0.717, 1.165) is 25.0 Å². The lowest BCUT2D eigenvalue weighted by Gasteiger charge is -2.51. The van der Waals surface area contributed by atoms with Crippen molar-refractivity contribution in [2.45, 2.75) is 52.1 Å². The Hall–Kier alpha value is -2.28. The Kier molecular flexibility index (Phi) is 4.51. The second kappa shape index (κ2) is 6.87. The Morgan fingerprint density at radius 3 is 2.73 bits per heavy atom. The summed E-state index contributed by atoms with van der Waals surface area (Å²) >= 11 is 1.52. The number of amides is 1. The summed E-state index contributed by atoms with van der Waals surface area (Å²) in [6, 6.07) is 5.48. The van der Waals surface area contributed by atoms with Crippen molar-refractivity contribution in [3.8, 4) is 0 Å². The van der Waals surface area contributed by atoms with Gasteiger partial charge < -0.3 is 4.74 Å². The minimum absolute atomic E-state index is 0.0332. The molecule has 3 aliphatic rings. The van der Waals surface area contributed by atoms with Crippen LogP contribution < -0.4 is 5.32 Å². The third-order valence-electron chi connectivity index (χ3n) is 7.48. The smallest absolute Gasteiger partial charge is 0.309 e. The standard InChI is InChI=1S/C23H25FN2O3S/c1-11-15-8-9-23(3)10-16-18(12(2)17(23)19(15)29-21(11)28)25-22(30-16)26-20(27)13-4-6-14(24)7-5-13/h4-7,11-12,15,17,19H,8-10H2,1-3H3,(H,25,26,27). The van der Waals surface area contributed by atoms with Gasteiger partial charge in [0.05, 0.1) is 11.6 Å². The molecular weight excluding hydrogens is 403 g/mol. The number of fused-ring (bicyclic) bond motifs is 4. The van der Waals surface area contributed by atoms with Gasteiger partial charge in [0.2, 0.25) is 0 Å². The fourth-order valence-corrected chi connectivity index (χ4v) is 7.16. The van der Waals surface area contributed by atoms with Gasteiger partial charge in [0.1, 0.15) is 11.9 Å². The first-order valence-corrected chi connectivity index (χ1v) is 11.4. The highest BCUT2D eigenvalue weighted by Gasteiger charge is 2.58. The van der Waals surface area contributed by atoms with Gasteiger partial charge in [-0.1, -0.05) is 20.8 Å². The van der Waals surface area contributed by atoms with E-state index < -0.39 is 0 Å². The van der Waals surface area contributed by atoms with E-state index in [-0.39, 0.29) is 52.9 Å². The molecule has 5 rings (SSSR count). The van der Waals surface area contributed by atoms with E-state index in [9.17, 15) is 14.0 Å². The van der Waals surface area contributed by atoms with Crippen molar-refractivity contribution >= 4 is 28.3 Å². The Morgan fingerprint density at radius 2 is 2.00 bits per heavy atom. The number of nitrogens with one attached hydrogen (secondary N) is 1. The fraction of sp³-hybridized carbons (Fsp3) is 0.522. The summed E-state index contributed by atoms with van der Waals surface area (Å²) in [7, 11) is 0. The van der Waals surface area contributed by atoms with Gasteiger partial charge in [0.25, 0.3) is 5.91 Å². The van der Waals surface area contributed by atoms with Crippen molar-refractivity contribution in [3.05, 3.63) is 46.2 Å². The first-order valence-electron chi connectivity index (χ1n) is 10.5. The predicted octanol–water partition coefficient (Wildman–Crippen LogP) is 4.79. The summed E-state index contributed by atoms with van der Waals surface area (Å²) in [6.07, 6.45) is 2.92. The van der Waals surface area contributed by atoms with Crippen LogP contribution in [0.4, 0.5) is 9.52 Å². The number of carbonyl (C=O) groups is 2. The lowest BCUT2D eigenvalue weighted by Crippen LogP contribution is -2.50. The van der Waals surface area contributed by atoms with Gasteiger partial charge in [-0.25, -0.2) is 9.37 Å². The molecule has 1 N–H and O–H groups in total. The van der Waals surface area contributed by atoms with Crippen LogP contribution in [0.15, 0.2) is 24.3 Å². The molecule has 1 saturated heterocycles. The lowest BCUT2D eigenvalue weighted by atomic mass is 9.54. The van der Waals surface area contributed by atoms with Crippen molar-refractivity contribution in [1.29, 1.82) is 0 Å². The number of esters is 1. The zero-order valence-electron chi connectivity index (χ0n) is 17.3. The zero-order chi connectivity index (χ0) is 21.2. The Morgan fingerprint density at radius 1 is 1.27 bits per heavy atom. The summed E-state index contributed by atoms with van der Waals surface area (Å²) in [6.45, 7) is 6.46. The van der Waals surface area contributed by atoms with Crippen molar-refractivity contribution in [2.75, 3.05) is 5.32 Å². The van der Waals surface area contributed by atoms with Crippen LogP contribution in [-0.2, 0) is 16.0 Å². The normalized spacial score (nSPS) is 34.5. The number of aromatic nitrogens is 1. The van der Waals surface area contributed by atoms with Crippen molar-refractivity contribution in [1.82, 2.24) is 4.98 Å². The van der Waals surface area contributed by atoms with Crippen molar-refractivity contribution in [3.63, 3.8) is 0 Å². The largest absolute Gasteiger partial charge is 0.461 e. The van der Waals surface area contributed by atoms with Gasteiger partial charge in [-0.05, 0) is 48.9 Å². The molecular formula is C23H25FN2O3S. The summed E-state index contributed by atoms with van der Waals surface area (Å²) in [5.41, 5.74) is 1.46. The number of rotatable bonds is 2. The van der Waals surface area contributed by atoms with Crippen molar-refractivity contribution in [2.24, 2.45) is 23.2 Å². The molecule has 6 atom stereocenters. The van der Waals surface area contributed by atoms with E-state index in [1.807, 2.05) is 6.92 Å². The van der Waals surface area contributed by atoms with Gasteiger partial charge in [0.15, 0.2) is 5.13 Å². The topological polar surface area (TPSA) is 68.3 Å². The SMILES string of the molecule is CC1C(=O)OC2C1CCC1(C)Cc3sc(NC(=O)c4ccc(F)cc4)nc3C(C)C21. The quantitative estimate of drug-likeness (QED) is 0.699. The first-order chi connectivity index (χ1) is 14.3. The van der Waals surface area contributed by atoms with Gasteiger partial charge in [-0.15, -0.1) is 11.3 Å². The molecule has 1 aliphatic heterocycles. The van der Waals surface area contributed by atoms with Gasteiger partial charge >= 0.3 is 5.97 Å². The van der Waals surface area contributed by atoms with Crippen LogP contribution in [-0.4, -0.2) is 23.0 Å². The number of hydrogen-bond acceptors (Lipinski definition) is 5. The second-order valence-corrected chi connectivity index (χ2v) is 10.4. The maximum Gasteiger partial charge on any atom is 0.309 e. The molecule has 0 radical (unpaired) electrons. The third-order valence-corrected chi connectivity index (χ3v) is 8.47. The lowest BCUT2D eigenvalue weighted by molar-refractivity contribution is -0.149. The van der Waals surface area contributed by atoms with Gasteiger partial charge in [-0.3, -0.25) is 14.9 Å². The average Bonchev–Trinajstić information content (AvgIpc) is 3.22. The predicted molar refractivity (Wildman–Crippen MR) is 112 cm³/mol. The number of benzene rings is 1.